The summed E-state index contributed by atoms with van der Waals surface area (Å²) in [5.41, 5.74) is 1.12. The van der Waals surface area contributed by atoms with Crippen LogP contribution >= 0.6 is 0 Å². The third-order valence-electron chi connectivity index (χ3n) is 2.52. The van der Waals surface area contributed by atoms with Crippen LogP contribution in [0, 0.1) is 0 Å². The van der Waals surface area contributed by atoms with Crippen LogP contribution in [0.1, 0.15) is 26.2 Å². The number of carbonyl (C=O) groups excluding carboxylic acids is 1. The average Bonchev–Trinajstić information content (AvgIpc) is 2.34. The average molecular weight is 225 g/mol. The predicted octanol–water partition coefficient (Wildman–Crippen LogP) is 1.76. The van der Waals surface area contributed by atoms with Crippen molar-refractivity contribution in [3.63, 3.8) is 0 Å². The van der Waals surface area contributed by atoms with Crippen molar-refractivity contribution >= 4 is 6.09 Å². The van der Waals surface area contributed by atoms with Gasteiger partial charge in [0.2, 0.25) is 0 Å². The molecule has 0 bridgehead atoms. The van der Waals surface area contributed by atoms with Gasteiger partial charge in [0.1, 0.15) is 6.61 Å². The van der Waals surface area contributed by atoms with Crippen LogP contribution in [-0.2, 0) is 4.74 Å². The van der Waals surface area contributed by atoms with Crippen molar-refractivity contribution in [2.45, 2.75) is 32.2 Å². The van der Waals surface area contributed by atoms with E-state index in [1.165, 1.54) is 0 Å². The minimum Gasteiger partial charge on any atom is -0.445 e. The fourth-order valence-electron chi connectivity index (χ4n) is 1.42. The highest BCUT2D eigenvalue weighted by molar-refractivity contribution is 5.67. The van der Waals surface area contributed by atoms with E-state index in [9.17, 15) is 4.79 Å². The molecule has 1 atom stereocenters. The Balaban J connectivity index is 2.24. The fraction of sp³-hybridized carbons (Fsp3) is 0.583. The van der Waals surface area contributed by atoms with E-state index < -0.39 is 6.09 Å². The molecular weight excluding hydrogens is 206 g/mol. The topological polar surface area (TPSA) is 58.6 Å². The number of aliphatic hydroxyl groups is 1. The number of alkyl carbamates (subject to hydrolysis) is 1. The van der Waals surface area contributed by atoms with Crippen molar-refractivity contribution in [3.05, 3.63) is 23.8 Å². The molecule has 0 spiro atoms. The normalized spacial score (nSPS) is 16.5. The summed E-state index contributed by atoms with van der Waals surface area (Å²) in [5.74, 6) is 0. The number of allylic oxidation sites excluding steroid dienone is 3. The first kappa shape index (κ1) is 12.8. The monoisotopic (exact) mass is 225 g/mol. The Bertz CT molecular complexity index is 280. The van der Waals surface area contributed by atoms with Crippen LogP contribution in [0.15, 0.2) is 23.8 Å². The predicted molar refractivity (Wildman–Crippen MR) is 62.1 cm³/mol. The zero-order chi connectivity index (χ0) is 11.8. The Labute approximate surface area is 96.0 Å². The van der Waals surface area contributed by atoms with Gasteiger partial charge in [0.05, 0.1) is 12.6 Å². The van der Waals surface area contributed by atoms with Crippen LogP contribution < -0.4 is 5.32 Å². The molecule has 0 aromatic rings. The largest absolute Gasteiger partial charge is 0.445 e. The quantitative estimate of drug-likeness (QED) is 0.749. The lowest BCUT2D eigenvalue weighted by Crippen LogP contribution is -2.37. The van der Waals surface area contributed by atoms with E-state index in [1.807, 2.05) is 19.1 Å². The minimum absolute atomic E-state index is 0.0585. The van der Waals surface area contributed by atoms with Gasteiger partial charge >= 0.3 is 6.09 Å². The van der Waals surface area contributed by atoms with Crippen molar-refractivity contribution in [1.29, 1.82) is 0 Å². The summed E-state index contributed by atoms with van der Waals surface area (Å²) < 4.78 is 5.05. The molecule has 0 aliphatic heterocycles. The number of rotatable bonds is 5. The van der Waals surface area contributed by atoms with Crippen molar-refractivity contribution in [3.8, 4) is 0 Å². The maximum atomic E-state index is 11.3. The minimum atomic E-state index is -0.462. The Morgan fingerprint density at radius 2 is 2.50 bits per heavy atom. The van der Waals surface area contributed by atoms with Gasteiger partial charge in [-0.05, 0) is 24.8 Å². The summed E-state index contributed by atoms with van der Waals surface area (Å²) in [4.78, 5) is 11.3. The third kappa shape index (κ3) is 4.49. The van der Waals surface area contributed by atoms with Gasteiger partial charge in [0.25, 0.3) is 0 Å². The summed E-state index contributed by atoms with van der Waals surface area (Å²) in [6.45, 7) is 2.17. The Kier molecular flexibility index (Phi) is 5.64. The molecule has 16 heavy (non-hydrogen) atoms. The van der Waals surface area contributed by atoms with Gasteiger partial charge in [-0.2, -0.15) is 0 Å². The first-order valence-corrected chi connectivity index (χ1v) is 5.65. The second kappa shape index (κ2) is 7.06. The Morgan fingerprint density at radius 3 is 3.06 bits per heavy atom. The molecule has 90 valence electrons. The van der Waals surface area contributed by atoms with Gasteiger partial charge in [0, 0.05) is 0 Å². The highest BCUT2D eigenvalue weighted by atomic mass is 16.5. The van der Waals surface area contributed by atoms with E-state index in [0.29, 0.717) is 13.0 Å². The van der Waals surface area contributed by atoms with E-state index in [4.69, 9.17) is 9.84 Å². The molecule has 4 heteroatoms. The van der Waals surface area contributed by atoms with Crippen LogP contribution in [0.5, 0.6) is 0 Å². The number of hydrogen-bond acceptors (Lipinski definition) is 3. The molecule has 1 aliphatic rings. The standard InChI is InChI=1S/C12H19NO3/c1-2-11(8-14)13-12(15)16-9-10-6-4-3-5-7-10/h3-4,6,11,14H,2,5,7-9H2,1H3,(H,13,15). The third-order valence-corrected chi connectivity index (χ3v) is 2.52. The van der Waals surface area contributed by atoms with Crippen LogP contribution in [0.3, 0.4) is 0 Å². The molecule has 2 N–H and O–H groups in total. The first-order chi connectivity index (χ1) is 7.76. The van der Waals surface area contributed by atoms with Crippen molar-refractivity contribution in [2.75, 3.05) is 13.2 Å². The van der Waals surface area contributed by atoms with E-state index in [-0.39, 0.29) is 12.6 Å². The number of ether oxygens (including phenoxy) is 1. The number of hydrogen-bond donors (Lipinski definition) is 2. The van der Waals surface area contributed by atoms with E-state index in [2.05, 4.69) is 11.4 Å². The second-order valence-corrected chi connectivity index (χ2v) is 3.80. The maximum absolute atomic E-state index is 11.3. The van der Waals surface area contributed by atoms with Crippen LogP contribution in [-0.4, -0.2) is 30.5 Å². The zero-order valence-corrected chi connectivity index (χ0v) is 9.61. The zero-order valence-electron chi connectivity index (χ0n) is 9.61. The Hall–Kier alpha value is -1.29. The second-order valence-electron chi connectivity index (χ2n) is 3.80. The lowest BCUT2D eigenvalue weighted by Gasteiger charge is -2.15. The molecule has 1 amide bonds. The number of carbonyl (C=O) groups is 1. The number of aliphatic hydroxyl groups excluding tert-OH is 1. The molecule has 1 aliphatic carbocycles. The number of nitrogens with one attached hydrogen (secondary N) is 1. The van der Waals surface area contributed by atoms with Gasteiger partial charge in [-0.25, -0.2) is 4.79 Å². The van der Waals surface area contributed by atoms with Gasteiger partial charge in [-0.1, -0.05) is 25.2 Å². The summed E-state index contributed by atoms with van der Waals surface area (Å²) >= 11 is 0. The maximum Gasteiger partial charge on any atom is 0.407 e. The SMILES string of the molecule is CCC(CO)NC(=O)OCC1=CC=CCC1. The number of amides is 1. The molecule has 4 nitrogen and oxygen atoms in total. The molecule has 0 radical (unpaired) electrons. The van der Waals surface area contributed by atoms with E-state index in [1.54, 1.807) is 0 Å². The molecule has 0 aromatic carbocycles. The summed E-state index contributed by atoms with van der Waals surface area (Å²) in [6, 6.07) is -0.215. The highest BCUT2D eigenvalue weighted by Gasteiger charge is 2.10. The van der Waals surface area contributed by atoms with Crippen LogP contribution in [0.2, 0.25) is 0 Å². The summed E-state index contributed by atoms with van der Waals surface area (Å²) in [6.07, 6.45) is 8.21. The molecule has 0 fully saturated rings. The Morgan fingerprint density at radius 1 is 1.69 bits per heavy atom. The lowest BCUT2D eigenvalue weighted by atomic mass is 10.1. The van der Waals surface area contributed by atoms with Crippen molar-refractivity contribution in [1.82, 2.24) is 5.32 Å². The van der Waals surface area contributed by atoms with Crippen LogP contribution in [0.25, 0.3) is 0 Å². The summed E-state index contributed by atoms with van der Waals surface area (Å²) in [7, 11) is 0. The molecule has 0 saturated heterocycles. The van der Waals surface area contributed by atoms with Gasteiger partial charge in [-0.3, -0.25) is 0 Å². The van der Waals surface area contributed by atoms with E-state index in [0.717, 1.165) is 18.4 Å². The fourth-order valence-corrected chi connectivity index (χ4v) is 1.42. The van der Waals surface area contributed by atoms with Gasteiger partial charge in [0.15, 0.2) is 0 Å². The molecule has 0 heterocycles. The van der Waals surface area contributed by atoms with Crippen LogP contribution in [0.4, 0.5) is 4.79 Å². The lowest BCUT2D eigenvalue weighted by molar-refractivity contribution is 0.142. The molecular formula is C12H19NO3. The first-order valence-electron chi connectivity index (χ1n) is 5.65. The van der Waals surface area contributed by atoms with Crippen molar-refractivity contribution in [2.24, 2.45) is 0 Å². The summed E-state index contributed by atoms with van der Waals surface area (Å²) in [5, 5.41) is 11.5. The van der Waals surface area contributed by atoms with Gasteiger partial charge in [-0.15, -0.1) is 0 Å². The molecule has 0 aromatic heterocycles. The van der Waals surface area contributed by atoms with Gasteiger partial charge < -0.3 is 15.2 Å². The molecule has 1 unspecified atom stereocenters. The molecule has 1 rings (SSSR count). The van der Waals surface area contributed by atoms with Crippen molar-refractivity contribution < 1.29 is 14.6 Å². The highest BCUT2D eigenvalue weighted by Crippen LogP contribution is 2.11. The smallest absolute Gasteiger partial charge is 0.407 e. The molecule has 0 saturated carbocycles. The van der Waals surface area contributed by atoms with E-state index >= 15 is 0 Å².